The molecule has 2 rings (SSSR count). The first kappa shape index (κ1) is 23.3. The van der Waals surface area contributed by atoms with Crippen LogP contribution < -0.4 is 10.2 Å². The van der Waals surface area contributed by atoms with Gasteiger partial charge in [0, 0.05) is 0 Å². The van der Waals surface area contributed by atoms with Crippen LogP contribution in [0.3, 0.4) is 0 Å². The molecule has 1 heterocycles. The van der Waals surface area contributed by atoms with Crippen LogP contribution in [0.5, 0.6) is 0 Å². The van der Waals surface area contributed by atoms with Crippen molar-refractivity contribution in [2.75, 3.05) is 39.8 Å². The van der Waals surface area contributed by atoms with Crippen LogP contribution in [0.2, 0.25) is 0 Å². The van der Waals surface area contributed by atoms with E-state index in [0.717, 1.165) is 16.9 Å². The molecule has 2 N–H and O–H groups in total. The van der Waals surface area contributed by atoms with Gasteiger partial charge in [0.25, 0.3) is 5.91 Å². The summed E-state index contributed by atoms with van der Waals surface area (Å²) in [4.78, 5) is 25.3. The van der Waals surface area contributed by atoms with Crippen LogP contribution in [0.1, 0.15) is 25.8 Å². The maximum atomic E-state index is 12.6. The number of carbonyl (C=O) groups excluding carboxylic acids is 2. The maximum absolute atomic E-state index is 12.6. The molecule has 1 aromatic rings. The first-order chi connectivity index (χ1) is 13.8. The van der Waals surface area contributed by atoms with Crippen LogP contribution in [0.4, 0.5) is 0 Å². The van der Waals surface area contributed by atoms with Gasteiger partial charge in [0.2, 0.25) is 10.0 Å². The standard InChI is InChI=1S/C20H31N3O5S/c1-4-16(2)19(20(25)28-3)21-18(24)14-22-10-12-23(13-11-22)29(26,27)15-17-8-6-5-7-9-17/h5-9,16,19H,4,10-15H2,1-3H3,(H,21,24)/p+1/t16-,19+/m0/s1. The molecule has 162 valence electrons. The predicted octanol–water partition coefficient (Wildman–Crippen LogP) is -0.579. The summed E-state index contributed by atoms with van der Waals surface area (Å²) in [6.07, 6.45) is 0.741. The van der Waals surface area contributed by atoms with E-state index in [1.54, 1.807) is 12.1 Å². The molecule has 8 nitrogen and oxygen atoms in total. The number of rotatable bonds is 9. The largest absolute Gasteiger partial charge is 0.467 e. The van der Waals surface area contributed by atoms with Crippen LogP contribution in [0.15, 0.2) is 30.3 Å². The van der Waals surface area contributed by atoms with Gasteiger partial charge in [-0.3, -0.25) is 4.79 Å². The minimum atomic E-state index is -3.38. The lowest BCUT2D eigenvalue weighted by atomic mass is 9.99. The molecule has 1 aliphatic heterocycles. The van der Waals surface area contributed by atoms with Gasteiger partial charge in [-0.1, -0.05) is 50.6 Å². The lowest BCUT2D eigenvalue weighted by Crippen LogP contribution is -3.15. The van der Waals surface area contributed by atoms with Gasteiger partial charge in [-0.2, -0.15) is 4.31 Å². The Bertz CT molecular complexity index is 777. The number of nitrogens with one attached hydrogen (secondary N) is 2. The highest BCUT2D eigenvalue weighted by atomic mass is 32.2. The first-order valence-electron chi connectivity index (χ1n) is 9.99. The summed E-state index contributed by atoms with van der Waals surface area (Å²) in [6, 6.07) is 8.45. The fraction of sp³-hybridized carbons (Fsp3) is 0.600. The van der Waals surface area contributed by atoms with Gasteiger partial charge in [0.15, 0.2) is 6.54 Å². The second-order valence-electron chi connectivity index (χ2n) is 7.52. The minimum Gasteiger partial charge on any atom is -0.467 e. The molecule has 1 amide bonds. The molecule has 0 saturated carbocycles. The molecule has 9 heteroatoms. The van der Waals surface area contributed by atoms with Gasteiger partial charge in [0.05, 0.1) is 39.0 Å². The fourth-order valence-electron chi connectivity index (χ4n) is 3.38. The topological polar surface area (TPSA) is 97.2 Å². The Kier molecular flexibility index (Phi) is 8.60. The smallest absolute Gasteiger partial charge is 0.328 e. The Morgan fingerprint density at radius 3 is 2.38 bits per heavy atom. The molecule has 29 heavy (non-hydrogen) atoms. The molecule has 0 spiro atoms. The first-order valence-corrected chi connectivity index (χ1v) is 11.6. The van der Waals surface area contributed by atoms with Crippen molar-refractivity contribution in [1.29, 1.82) is 0 Å². The van der Waals surface area contributed by atoms with E-state index in [1.165, 1.54) is 11.4 Å². The second kappa shape index (κ2) is 10.7. The average Bonchev–Trinajstić information content (AvgIpc) is 2.71. The summed E-state index contributed by atoms with van der Waals surface area (Å²) in [5.41, 5.74) is 0.764. The highest BCUT2D eigenvalue weighted by Gasteiger charge is 2.32. The number of ether oxygens (including phenoxy) is 1. The van der Waals surface area contributed by atoms with E-state index < -0.39 is 22.0 Å². The summed E-state index contributed by atoms with van der Waals surface area (Å²) in [7, 11) is -2.07. The van der Waals surface area contributed by atoms with Crippen molar-refractivity contribution in [1.82, 2.24) is 9.62 Å². The third-order valence-corrected chi connectivity index (χ3v) is 7.26. The number of esters is 1. The molecule has 1 saturated heterocycles. The molecule has 0 bridgehead atoms. The zero-order valence-corrected chi connectivity index (χ0v) is 18.2. The molecule has 0 unspecified atom stereocenters. The zero-order chi connectivity index (χ0) is 21.4. The molecular formula is C20H32N3O5S+. The van der Waals surface area contributed by atoms with Crippen molar-refractivity contribution in [2.24, 2.45) is 5.92 Å². The van der Waals surface area contributed by atoms with E-state index in [9.17, 15) is 18.0 Å². The predicted molar refractivity (Wildman–Crippen MR) is 110 cm³/mol. The molecule has 1 aliphatic rings. The van der Waals surface area contributed by atoms with E-state index in [1.807, 2.05) is 32.0 Å². The maximum Gasteiger partial charge on any atom is 0.328 e. The summed E-state index contributed by atoms with van der Waals surface area (Å²) in [5, 5.41) is 2.77. The van der Waals surface area contributed by atoms with Crippen molar-refractivity contribution < 1.29 is 27.6 Å². The van der Waals surface area contributed by atoms with Crippen molar-refractivity contribution in [3.63, 3.8) is 0 Å². The van der Waals surface area contributed by atoms with Crippen molar-refractivity contribution in [3.8, 4) is 0 Å². The van der Waals surface area contributed by atoms with Crippen LogP contribution in [-0.2, 0) is 30.1 Å². The fourth-order valence-corrected chi connectivity index (χ4v) is 4.92. The number of carbonyl (C=O) groups is 2. The summed E-state index contributed by atoms with van der Waals surface area (Å²) >= 11 is 0. The van der Waals surface area contributed by atoms with Gasteiger partial charge >= 0.3 is 5.97 Å². The van der Waals surface area contributed by atoms with Gasteiger partial charge < -0.3 is 15.0 Å². The van der Waals surface area contributed by atoms with E-state index in [4.69, 9.17) is 4.74 Å². The third-order valence-electron chi connectivity index (χ3n) is 5.41. The Morgan fingerprint density at radius 2 is 1.83 bits per heavy atom. The molecule has 1 fully saturated rings. The molecular weight excluding hydrogens is 394 g/mol. The molecule has 0 radical (unpaired) electrons. The normalized spacial score (nSPS) is 18.0. The second-order valence-corrected chi connectivity index (χ2v) is 9.49. The minimum absolute atomic E-state index is 0.0145. The van der Waals surface area contributed by atoms with Gasteiger partial charge in [0.1, 0.15) is 6.04 Å². The Hall–Kier alpha value is -1.97. The van der Waals surface area contributed by atoms with E-state index >= 15 is 0 Å². The van der Waals surface area contributed by atoms with E-state index in [0.29, 0.717) is 26.2 Å². The summed E-state index contributed by atoms with van der Waals surface area (Å²) in [5.74, 6) is -0.712. The van der Waals surface area contributed by atoms with Crippen LogP contribution in [-0.4, -0.2) is 70.5 Å². The summed E-state index contributed by atoms with van der Waals surface area (Å²) in [6.45, 7) is 5.91. The zero-order valence-electron chi connectivity index (χ0n) is 17.4. The molecule has 0 aliphatic carbocycles. The third kappa shape index (κ3) is 6.80. The lowest BCUT2D eigenvalue weighted by molar-refractivity contribution is -0.895. The van der Waals surface area contributed by atoms with Gasteiger partial charge in [-0.25, -0.2) is 13.2 Å². The quantitative estimate of drug-likeness (QED) is 0.515. The number of piperazine rings is 1. The highest BCUT2D eigenvalue weighted by molar-refractivity contribution is 7.88. The van der Waals surface area contributed by atoms with Gasteiger partial charge in [-0.05, 0) is 11.5 Å². The Balaban J connectivity index is 1.85. The average molecular weight is 427 g/mol. The van der Waals surface area contributed by atoms with Crippen LogP contribution in [0, 0.1) is 5.92 Å². The van der Waals surface area contributed by atoms with Gasteiger partial charge in [-0.15, -0.1) is 0 Å². The van der Waals surface area contributed by atoms with Crippen LogP contribution >= 0.6 is 0 Å². The van der Waals surface area contributed by atoms with Crippen molar-refractivity contribution >= 4 is 21.9 Å². The molecule has 2 atom stereocenters. The van der Waals surface area contributed by atoms with Crippen LogP contribution in [0.25, 0.3) is 0 Å². The van der Waals surface area contributed by atoms with Crippen molar-refractivity contribution in [3.05, 3.63) is 35.9 Å². The number of nitrogens with zero attached hydrogens (tertiary/aromatic N) is 1. The molecule has 1 aromatic carbocycles. The number of hydrogen-bond acceptors (Lipinski definition) is 5. The Labute approximate surface area is 173 Å². The SMILES string of the molecule is CC[C@H](C)[C@@H](NC(=O)C[NH+]1CCN(S(=O)(=O)Cc2ccccc2)CC1)C(=O)OC. The monoisotopic (exact) mass is 426 g/mol. The van der Waals surface area contributed by atoms with E-state index in [2.05, 4.69) is 5.32 Å². The van der Waals surface area contributed by atoms with Crippen molar-refractivity contribution in [2.45, 2.75) is 32.1 Å². The number of quaternary nitrogens is 1. The van der Waals surface area contributed by atoms with E-state index in [-0.39, 0.29) is 24.1 Å². The number of amides is 1. The highest BCUT2D eigenvalue weighted by Crippen LogP contribution is 2.11. The summed E-state index contributed by atoms with van der Waals surface area (Å²) < 4.78 is 31.6. The number of benzene rings is 1. The number of hydrogen-bond donors (Lipinski definition) is 2. The number of sulfonamides is 1. The lowest BCUT2D eigenvalue weighted by Gasteiger charge is -2.31. The Morgan fingerprint density at radius 1 is 1.21 bits per heavy atom. The molecule has 0 aromatic heterocycles. The number of methoxy groups -OCH3 is 1.